The van der Waals surface area contributed by atoms with Crippen LogP contribution in [0.3, 0.4) is 0 Å². The SMILES string of the molecule is CC(C)(C)CC(C(=O)N/N=C/c1ccccn1)C(C)(C)C. The summed E-state index contributed by atoms with van der Waals surface area (Å²) >= 11 is 0. The van der Waals surface area contributed by atoms with Crippen LogP contribution < -0.4 is 5.43 Å². The molecule has 0 saturated carbocycles. The molecule has 1 N–H and O–H groups in total. The van der Waals surface area contributed by atoms with E-state index in [2.05, 4.69) is 57.1 Å². The molecule has 21 heavy (non-hydrogen) atoms. The highest BCUT2D eigenvalue weighted by atomic mass is 16.2. The minimum Gasteiger partial charge on any atom is -0.273 e. The van der Waals surface area contributed by atoms with Crippen LogP contribution in [0.5, 0.6) is 0 Å². The van der Waals surface area contributed by atoms with Gasteiger partial charge in [-0.15, -0.1) is 0 Å². The van der Waals surface area contributed by atoms with E-state index in [1.807, 2.05) is 18.2 Å². The lowest BCUT2D eigenvalue weighted by molar-refractivity contribution is -0.129. The molecule has 0 aliphatic rings. The van der Waals surface area contributed by atoms with Gasteiger partial charge in [-0.2, -0.15) is 5.10 Å². The topological polar surface area (TPSA) is 54.4 Å². The Morgan fingerprint density at radius 3 is 2.43 bits per heavy atom. The molecule has 0 radical (unpaired) electrons. The molecule has 116 valence electrons. The Kier molecular flexibility index (Phi) is 5.64. The van der Waals surface area contributed by atoms with Crippen LogP contribution >= 0.6 is 0 Å². The monoisotopic (exact) mass is 289 g/mol. The summed E-state index contributed by atoms with van der Waals surface area (Å²) in [6, 6.07) is 5.56. The molecule has 0 bridgehead atoms. The van der Waals surface area contributed by atoms with E-state index >= 15 is 0 Å². The Hall–Kier alpha value is -1.71. The minimum absolute atomic E-state index is 0.0374. The molecule has 0 fully saturated rings. The highest BCUT2D eigenvalue weighted by molar-refractivity contribution is 5.82. The van der Waals surface area contributed by atoms with Crippen molar-refractivity contribution < 1.29 is 4.79 Å². The zero-order chi connectivity index (χ0) is 16.1. The quantitative estimate of drug-likeness (QED) is 0.679. The summed E-state index contributed by atoms with van der Waals surface area (Å²) < 4.78 is 0. The van der Waals surface area contributed by atoms with Crippen molar-refractivity contribution in [2.24, 2.45) is 21.8 Å². The van der Waals surface area contributed by atoms with Crippen LogP contribution in [-0.2, 0) is 4.79 Å². The molecule has 1 heterocycles. The number of aromatic nitrogens is 1. The van der Waals surface area contributed by atoms with E-state index in [1.54, 1.807) is 12.4 Å². The van der Waals surface area contributed by atoms with Gasteiger partial charge in [0, 0.05) is 12.1 Å². The van der Waals surface area contributed by atoms with Crippen LogP contribution in [0.25, 0.3) is 0 Å². The lowest BCUT2D eigenvalue weighted by Crippen LogP contribution is -2.38. The largest absolute Gasteiger partial charge is 0.273 e. The Balaban J connectivity index is 2.71. The third-order valence-corrected chi connectivity index (χ3v) is 3.24. The molecule has 0 aliphatic heterocycles. The average Bonchev–Trinajstić information content (AvgIpc) is 2.35. The highest BCUT2D eigenvalue weighted by Crippen LogP contribution is 2.36. The molecule has 1 aromatic rings. The maximum absolute atomic E-state index is 12.4. The fourth-order valence-electron chi connectivity index (χ4n) is 2.10. The number of carbonyl (C=O) groups is 1. The lowest BCUT2D eigenvalue weighted by Gasteiger charge is -2.33. The van der Waals surface area contributed by atoms with E-state index in [9.17, 15) is 4.79 Å². The van der Waals surface area contributed by atoms with Crippen molar-refractivity contribution in [1.29, 1.82) is 0 Å². The maximum atomic E-state index is 12.4. The van der Waals surface area contributed by atoms with Crippen LogP contribution in [0.15, 0.2) is 29.5 Å². The van der Waals surface area contributed by atoms with Crippen LogP contribution in [0, 0.1) is 16.7 Å². The predicted molar refractivity (Wildman–Crippen MR) is 87.0 cm³/mol. The van der Waals surface area contributed by atoms with Gasteiger partial charge in [0.05, 0.1) is 11.9 Å². The predicted octanol–water partition coefficient (Wildman–Crippen LogP) is 3.63. The van der Waals surface area contributed by atoms with Crippen molar-refractivity contribution in [1.82, 2.24) is 10.4 Å². The maximum Gasteiger partial charge on any atom is 0.243 e. The summed E-state index contributed by atoms with van der Waals surface area (Å²) in [6.07, 6.45) is 4.08. The van der Waals surface area contributed by atoms with Gasteiger partial charge in [-0.3, -0.25) is 9.78 Å². The smallest absolute Gasteiger partial charge is 0.243 e. The molecule has 0 aromatic carbocycles. The highest BCUT2D eigenvalue weighted by Gasteiger charge is 2.34. The van der Waals surface area contributed by atoms with Gasteiger partial charge in [0.2, 0.25) is 5.91 Å². The normalized spacial score (nSPS) is 14.2. The van der Waals surface area contributed by atoms with Gasteiger partial charge in [0.1, 0.15) is 0 Å². The molecule has 0 saturated heterocycles. The Morgan fingerprint density at radius 1 is 1.29 bits per heavy atom. The van der Waals surface area contributed by atoms with Gasteiger partial charge >= 0.3 is 0 Å². The van der Waals surface area contributed by atoms with E-state index in [1.165, 1.54) is 0 Å². The number of carbonyl (C=O) groups excluding carboxylic acids is 1. The zero-order valence-corrected chi connectivity index (χ0v) is 14.0. The molecule has 1 rings (SSSR count). The first kappa shape index (κ1) is 17.3. The lowest BCUT2D eigenvalue weighted by atomic mass is 9.72. The molecule has 1 atom stereocenters. The van der Waals surface area contributed by atoms with Gasteiger partial charge in [-0.25, -0.2) is 5.43 Å². The number of amides is 1. The first-order chi connectivity index (χ1) is 9.59. The van der Waals surface area contributed by atoms with E-state index < -0.39 is 0 Å². The fourth-order valence-corrected chi connectivity index (χ4v) is 2.10. The second kappa shape index (κ2) is 6.83. The van der Waals surface area contributed by atoms with E-state index in [-0.39, 0.29) is 22.7 Å². The van der Waals surface area contributed by atoms with Crippen LogP contribution in [0.4, 0.5) is 0 Å². The summed E-state index contributed by atoms with van der Waals surface area (Å²) in [5.74, 6) is -0.122. The summed E-state index contributed by atoms with van der Waals surface area (Å²) in [7, 11) is 0. The number of hydrogen-bond donors (Lipinski definition) is 1. The Morgan fingerprint density at radius 2 is 1.95 bits per heavy atom. The van der Waals surface area contributed by atoms with Gasteiger partial charge in [-0.05, 0) is 29.4 Å². The summed E-state index contributed by atoms with van der Waals surface area (Å²) in [5, 5.41) is 4.02. The van der Waals surface area contributed by atoms with Crippen molar-refractivity contribution in [3.05, 3.63) is 30.1 Å². The minimum atomic E-state index is -0.0993. The standard InChI is InChI=1S/C17H27N3O/c1-16(2,3)11-14(17(4,5)6)15(21)20-19-12-13-9-7-8-10-18-13/h7-10,12,14H,11H2,1-6H3,(H,20,21)/b19-12+. The number of nitrogens with one attached hydrogen (secondary N) is 1. The summed E-state index contributed by atoms with van der Waals surface area (Å²) in [5.41, 5.74) is 3.37. The molecular formula is C17H27N3O. The third kappa shape index (κ3) is 6.52. The van der Waals surface area contributed by atoms with Crippen LogP contribution in [0.1, 0.15) is 53.7 Å². The van der Waals surface area contributed by atoms with Crippen molar-refractivity contribution >= 4 is 12.1 Å². The van der Waals surface area contributed by atoms with Crippen LogP contribution in [-0.4, -0.2) is 17.1 Å². The summed E-state index contributed by atoms with van der Waals surface area (Å²) in [4.78, 5) is 16.5. The van der Waals surface area contributed by atoms with Gasteiger partial charge in [-0.1, -0.05) is 47.6 Å². The molecule has 0 aliphatic carbocycles. The summed E-state index contributed by atoms with van der Waals surface area (Å²) in [6.45, 7) is 12.7. The van der Waals surface area contributed by atoms with Gasteiger partial charge in [0.15, 0.2) is 0 Å². The first-order valence-corrected chi connectivity index (χ1v) is 7.33. The number of rotatable bonds is 4. The Bertz CT molecular complexity index is 481. The average molecular weight is 289 g/mol. The molecule has 1 aromatic heterocycles. The first-order valence-electron chi connectivity index (χ1n) is 7.33. The van der Waals surface area contributed by atoms with E-state index in [0.717, 1.165) is 12.1 Å². The molecule has 0 spiro atoms. The molecule has 1 amide bonds. The van der Waals surface area contributed by atoms with Crippen molar-refractivity contribution in [2.45, 2.75) is 48.0 Å². The molecule has 4 nitrogen and oxygen atoms in total. The molecule has 1 unspecified atom stereocenters. The van der Waals surface area contributed by atoms with Crippen LogP contribution in [0.2, 0.25) is 0 Å². The number of nitrogens with zero attached hydrogens (tertiary/aromatic N) is 2. The van der Waals surface area contributed by atoms with E-state index in [4.69, 9.17) is 0 Å². The van der Waals surface area contributed by atoms with Gasteiger partial charge < -0.3 is 0 Å². The molecule has 4 heteroatoms. The molecular weight excluding hydrogens is 262 g/mol. The van der Waals surface area contributed by atoms with Crippen molar-refractivity contribution in [3.8, 4) is 0 Å². The number of hydrazone groups is 1. The third-order valence-electron chi connectivity index (χ3n) is 3.24. The van der Waals surface area contributed by atoms with Crippen molar-refractivity contribution in [3.63, 3.8) is 0 Å². The second-order valence-corrected chi connectivity index (χ2v) is 7.67. The fraction of sp³-hybridized carbons (Fsp3) is 0.588. The number of pyridine rings is 1. The number of hydrogen-bond acceptors (Lipinski definition) is 3. The Labute approximate surface area is 128 Å². The van der Waals surface area contributed by atoms with E-state index in [0.29, 0.717) is 0 Å². The van der Waals surface area contributed by atoms with Gasteiger partial charge in [0.25, 0.3) is 0 Å². The zero-order valence-electron chi connectivity index (χ0n) is 14.0. The second-order valence-electron chi connectivity index (χ2n) is 7.67. The van der Waals surface area contributed by atoms with Crippen molar-refractivity contribution in [2.75, 3.05) is 0 Å².